The van der Waals surface area contributed by atoms with Gasteiger partial charge in [-0.25, -0.2) is 13.9 Å². The van der Waals surface area contributed by atoms with Crippen molar-refractivity contribution in [1.82, 2.24) is 10.4 Å². The van der Waals surface area contributed by atoms with Crippen molar-refractivity contribution >= 4 is 15.7 Å². The Bertz CT molecular complexity index is 629. The summed E-state index contributed by atoms with van der Waals surface area (Å²) in [6.07, 6.45) is 0.595. The first kappa shape index (κ1) is 16.7. The van der Waals surface area contributed by atoms with E-state index in [4.69, 9.17) is 9.94 Å². The maximum absolute atomic E-state index is 12.7. The van der Waals surface area contributed by atoms with E-state index in [1.807, 2.05) is 0 Å². The zero-order valence-electron chi connectivity index (χ0n) is 12.5. The fraction of sp³-hybridized carbons (Fsp3) is 0.500. The Kier molecular flexibility index (Phi) is 5.05. The lowest BCUT2D eigenvalue weighted by atomic mass is 10.0. The van der Waals surface area contributed by atoms with Crippen LogP contribution in [0.3, 0.4) is 0 Å². The molecule has 1 aliphatic heterocycles. The second kappa shape index (κ2) is 6.64. The van der Waals surface area contributed by atoms with Crippen LogP contribution in [-0.2, 0) is 14.6 Å². The normalized spacial score (nSPS) is 23.0. The van der Waals surface area contributed by atoms with Crippen molar-refractivity contribution in [3.63, 3.8) is 0 Å². The molecular formula is C14H20N2O5S. The SMILES string of the molecule is COc1ccc(S(=O)(=O)C2CCN(C)C(C(=O)NO)C2)cc1. The molecule has 122 valence electrons. The van der Waals surface area contributed by atoms with Gasteiger partial charge in [-0.05, 0) is 50.7 Å². The third-order valence-corrected chi connectivity index (χ3v) is 6.30. The number of sulfone groups is 1. The van der Waals surface area contributed by atoms with E-state index in [1.54, 1.807) is 29.6 Å². The molecule has 2 N–H and O–H groups in total. The minimum atomic E-state index is -3.53. The van der Waals surface area contributed by atoms with Gasteiger partial charge in [-0.15, -0.1) is 0 Å². The predicted molar refractivity (Wildman–Crippen MR) is 79.5 cm³/mol. The largest absolute Gasteiger partial charge is 0.497 e. The van der Waals surface area contributed by atoms with Gasteiger partial charge in [-0.2, -0.15) is 0 Å². The molecule has 0 bridgehead atoms. The van der Waals surface area contributed by atoms with Gasteiger partial charge in [0.1, 0.15) is 5.75 Å². The first-order chi connectivity index (χ1) is 10.4. The number of ether oxygens (including phenoxy) is 1. The van der Waals surface area contributed by atoms with Crippen LogP contribution < -0.4 is 10.2 Å². The number of carbonyl (C=O) groups excluding carboxylic acids is 1. The maximum Gasteiger partial charge on any atom is 0.260 e. The van der Waals surface area contributed by atoms with E-state index in [0.717, 1.165) is 0 Å². The molecule has 2 atom stereocenters. The van der Waals surface area contributed by atoms with Crippen LogP contribution in [0.15, 0.2) is 29.2 Å². The number of nitrogens with one attached hydrogen (secondary N) is 1. The van der Waals surface area contributed by atoms with Gasteiger partial charge >= 0.3 is 0 Å². The average molecular weight is 328 g/mol. The minimum absolute atomic E-state index is 0.150. The standard InChI is InChI=1S/C14H20N2O5S/c1-16-8-7-12(9-13(16)14(17)15-18)22(19,20)11-5-3-10(21-2)4-6-11/h3-6,12-13,18H,7-9H2,1-2H3,(H,15,17). The van der Waals surface area contributed by atoms with Gasteiger partial charge in [-0.1, -0.05) is 0 Å². The monoisotopic (exact) mass is 328 g/mol. The summed E-state index contributed by atoms with van der Waals surface area (Å²) in [5.41, 5.74) is 1.60. The summed E-state index contributed by atoms with van der Waals surface area (Å²) in [4.78, 5) is 13.6. The zero-order chi connectivity index (χ0) is 16.3. The van der Waals surface area contributed by atoms with Crippen LogP contribution in [0.25, 0.3) is 0 Å². The van der Waals surface area contributed by atoms with Crippen LogP contribution in [0.5, 0.6) is 5.75 Å². The summed E-state index contributed by atoms with van der Waals surface area (Å²) < 4.78 is 30.4. The minimum Gasteiger partial charge on any atom is -0.497 e. The molecule has 1 amide bonds. The summed E-state index contributed by atoms with van der Waals surface area (Å²) in [5, 5.41) is 8.13. The number of likely N-dealkylation sites (N-methyl/N-ethyl adjacent to an activating group) is 1. The molecule has 22 heavy (non-hydrogen) atoms. The van der Waals surface area contributed by atoms with E-state index in [1.165, 1.54) is 19.2 Å². The van der Waals surface area contributed by atoms with Crippen LogP contribution in [-0.4, -0.2) is 56.4 Å². The number of nitrogens with zero attached hydrogens (tertiary/aromatic N) is 1. The molecule has 8 heteroatoms. The maximum atomic E-state index is 12.7. The lowest BCUT2D eigenvalue weighted by molar-refractivity contribution is -0.135. The molecule has 7 nitrogen and oxygen atoms in total. The Balaban J connectivity index is 2.23. The van der Waals surface area contributed by atoms with Crippen LogP contribution in [0.4, 0.5) is 0 Å². The Morgan fingerprint density at radius 2 is 2.00 bits per heavy atom. The smallest absolute Gasteiger partial charge is 0.260 e. The molecule has 2 unspecified atom stereocenters. The van der Waals surface area contributed by atoms with E-state index < -0.39 is 27.0 Å². The van der Waals surface area contributed by atoms with Crippen molar-refractivity contribution in [1.29, 1.82) is 0 Å². The van der Waals surface area contributed by atoms with Crippen LogP contribution in [0, 0.1) is 0 Å². The number of amides is 1. The molecule has 0 aromatic heterocycles. The van der Waals surface area contributed by atoms with E-state index in [2.05, 4.69) is 0 Å². The predicted octanol–water partition coefficient (Wildman–Crippen LogP) is 0.437. The number of hydrogen-bond donors (Lipinski definition) is 2. The van der Waals surface area contributed by atoms with E-state index >= 15 is 0 Å². The number of hydrogen-bond acceptors (Lipinski definition) is 6. The number of rotatable bonds is 4. The van der Waals surface area contributed by atoms with Gasteiger partial charge in [0.2, 0.25) is 0 Å². The van der Waals surface area contributed by atoms with Crippen molar-refractivity contribution in [2.75, 3.05) is 20.7 Å². The molecule has 1 saturated heterocycles. The number of hydroxylamine groups is 1. The van der Waals surface area contributed by atoms with Gasteiger partial charge in [-0.3, -0.25) is 14.9 Å². The van der Waals surface area contributed by atoms with Crippen molar-refractivity contribution in [2.24, 2.45) is 0 Å². The lowest BCUT2D eigenvalue weighted by Crippen LogP contribution is -2.51. The van der Waals surface area contributed by atoms with Crippen LogP contribution >= 0.6 is 0 Å². The van der Waals surface area contributed by atoms with Gasteiger partial charge in [0, 0.05) is 0 Å². The first-order valence-corrected chi connectivity index (χ1v) is 8.47. The summed E-state index contributed by atoms with van der Waals surface area (Å²) in [6.45, 7) is 0.470. The molecule has 1 heterocycles. The molecule has 1 aromatic rings. The molecule has 2 rings (SSSR count). The highest BCUT2D eigenvalue weighted by Crippen LogP contribution is 2.28. The molecule has 1 aromatic carbocycles. The molecule has 0 saturated carbocycles. The van der Waals surface area contributed by atoms with Gasteiger partial charge in [0.05, 0.1) is 23.3 Å². The number of piperidine rings is 1. The Morgan fingerprint density at radius 3 is 2.55 bits per heavy atom. The van der Waals surface area contributed by atoms with Crippen molar-refractivity contribution in [3.05, 3.63) is 24.3 Å². The van der Waals surface area contributed by atoms with E-state index in [0.29, 0.717) is 18.7 Å². The number of methoxy groups -OCH3 is 1. The molecule has 1 aliphatic rings. The van der Waals surface area contributed by atoms with Crippen molar-refractivity contribution in [2.45, 2.75) is 29.0 Å². The average Bonchev–Trinajstić information content (AvgIpc) is 2.54. The fourth-order valence-corrected chi connectivity index (χ4v) is 4.42. The van der Waals surface area contributed by atoms with Crippen molar-refractivity contribution < 1.29 is 23.2 Å². The zero-order valence-corrected chi connectivity index (χ0v) is 13.3. The Labute approximate surface area is 129 Å². The lowest BCUT2D eigenvalue weighted by Gasteiger charge is -2.35. The van der Waals surface area contributed by atoms with Crippen LogP contribution in [0.1, 0.15) is 12.8 Å². The Hall–Kier alpha value is -1.64. The first-order valence-electron chi connectivity index (χ1n) is 6.92. The number of carbonyl (C=O) groups is 1. The fourth-order valence-electron chi connectivity index (χ4n) is 2.67. The molecule has 0 spiro atoms. The highest BCUT2D eigenvalue weighted by Gasteiger charge is 2.38. The van der Waals surface area contributed by atoms with Gasteiger partial charge < -0.3 is 4.74 Å². The summed E-state index contributed by atoms with van der Waals surface area (Å²) in [6, 6.07) is 5.55. The molecule has 0 aliphatic carbocycles. The van der Waals surface area contributed by atoms with Crippen molar-refractivity contribution in [3.8, 4) is 5.75 Å². The van der Waals surface area contributed by atoms with E-state index in [9.17, 15) is 13.2 Å². The number of likely N-dealkylation sites (tertiary alicyclic amines) is 1. The number of benzene rings is 1. The summed E-state index contributed by atoms with van der Waals surface area (Å²) in [7, 11) is -0.284. The van der Waals surface area contributed by atoms with Gasteiger partial charge in [0.25, 0.3) is 5.91 Å². The molecule has 1 fully saturated rings. The second-order valence-electron chi connectivity index (χ2n) is 5.34. The molecule has 0 radical (unpaired) electrons. The highest BCUT2D eigenvalue weighted by atomic mass is 32.2. The third-order valence-electron chi connectivity index (χ3n) is 4.06. The quantitative estimate of drug-likeness (QED) is 0.615. The topological polar surface area (TPSA) is 95.9 Å². The summed E-state index contributed by atoms with van der Waals surface area (Å²) >= 11 is 0. The highest BCUT2D eigenvalue weighted by molar-refractivity contribution is 7.92. The Morgan fingerprint density at radius 1 is 1.36 bits per heavy atom. The second-order valence-corrected chi connectivity index (χ2v) is 7.57. The van der Waals surface area contributed by atoms with Crippen LogP contribution in [0.2, 0.25) is 0 Å². The molecular weight excluding hydrogens is 308 g/mol. The third kappa shape index (κ3) is 3.23. The summed E-state index contributed by atoms with van der Waals surface area (Å²) in [5.74, 6) is -0.00278. The van der Waals surface area contributed by atoms with Gasteiger partial charge in [0.15, 0.2) is 9.84 Å². The van der Waals surface area contributed by atoms with E-state index in [-0.39, 0.29) is 11.3 Å².